The molecule has 7 heteroatoms. The molecule has 0 saturated carbocycles. The molecule has 3 N–H and O–H groups in total. The molecule has 0 bridgehead atoms. The number of anilines is 2. The highest BCUT2D eigenvalue weighted by atomic mass is 19.1. The van der Waals surface area contributed by atoms with Crippen LogP contribution in [-0.2, 0) is 6.54 Å². The van der Waals surface area contributed by atoms with Crippen molar-refractivity contribution < 1.29 is 13.9 Å². The van der Waals surface area contributed by atoms with Crippen LogP contribution in [0.1, 0.15) is 32.3 Å². The Hall–Kier alpha value is -2.54. The van der Waals surface area contributed by atoms with Gasteiger partial charge in [0, 0.05) is 31.9 Å². The van der Waals surface area contributed by atoms with Crippen LogP contribution in [0.5, 0.6) is 11.5 Å². The molecule has 0 aliphatic carbocycles. The Morgan fingerprint density at radius 2 is 1.82 bits per heavy atom. The zero-order valence-corrected chi connectivity index (χ0v) is 16.6. The van der Waals surface area contributed by atoms with Gasteiger partial charge < -0.3 is 20.5 Å². The molecule has 2 heterocycles. The molecule has 1 fully saturated rings. The lowest BCUT2D eigenvalue weighted by molar-refractivity contribution is 0.210. The summed E-state index contributed by atoms with van der Waals surface area (Å²) in [5.41, 5.74) is 8.35. The lowest BCUT2D eigenvalue weighted by atomic mass is 10.0. The molecule has 1 aliphatic heterocycles. The van der Waals surface area contributed by atoms with Gasteiger partial charge in [0.25, 0.3) is 0 Å². The first-order valence-electron chi connectivity index (χ1n) is 9.87. The Balaban J connectivity index is 1.60. The van der Waals surface area contributed by atoms with Crippen LogP contribution in [0.2, 0.25) is 0 Å². The second-order valence-electron chi connectivity index (χ2n) is 6.92. The van der Waals surface area contributed by atoms with Crippen LogP contribution in [0.4, 0.5) is 15.8 Å². The van der Waals surface area contributed by atoms with Gasteiger partial charge in [0.1, 0.15) is 17.2 Å². The SMILES string of the molecule is CCOc1cc(CN2CCC(Nc3ccncc3F)CC2)cc(OCC)c1N. The van der Waals surface area contributed by atoms with E-state index in [0.717, 1.165) is 38.0 Å². The highest BCUT2D eigenvalue weighted by Crippen LogP contribution is 2.34. The number of likely N-dealkylation sites (tertiary alicyclic amines) is 1. The average Bonchev–Trinajstić information content (AvgIpc) is 2.69. The number of aromatic nitrogens is 1. The summed E-state index contributed by atoms with van der Waals surface area (Å²) in [4.78, 5) is 6.18. The van der Waals surface area contributed by atoms with E-state index in [0.29, 0.717) is 36.1 Å². The van der Waals surface area contributed by atoms with Gasteiger partial charge in [0.05, 0.1) is 25.1 Å². The van der Waals surface area contributed by atoms with E-state index in [1.54, 1.807) is 12.3 Å². The number of pyridine rings is 1. The maximum absolute atomic E-state index is 13.8. The summed E-state index contributed by atoms with van der Waals surface area (Å²) < 4.78 is 25.1. The number of ether oxygens (including phenoxy) is 2. The number of rotatable bonds is 8. The molecule has 1 aromatic heterocycles. The van der Waals surface area contributed by atoms with Crippen molar-refractivity contribution in [2.24, 2.45) is 0 Å². The zero-order chi connectivity index (χ0) is 19.9. The summed E-state index contributed by atoms with van der Waals surface area (Å²) in [6, 6.07) is 5.94. The van der Waals surface area contributed by atoms with Crippen LogP contribution in [0.15, 0.2) is 30.6 Å². The Kier molecular flexibility index (Phi) is 6.92. The van der Waals surface area contributed by atoms with Crippen LogP contribution in [-0.4, -0.2) is 42.2 Å². The van der Waals surface area contributed by atoms with Crippen LogP contribution in [0.3, 0.4) is 0 Å². The fourth-order valence-corrected chi connectivity index (χ4v) is 3.50. The smallest absolute Gasteiger partial charge is 0.164 e. The zero-order valence-electron chi connectivity index (χ0n) is 16.6. The van der Waals surface area contributed by atoms with Crippen LogP contribution >= 0.6 is 0 Å². The molecule has 0 radical (unpaired) electrons. The molecule has 2 aromatic rings. The third kappa shape index (κ3) is 5.04. The van der Waals surface area contributed by atoms with Crippen molar-refractivity contribution in [2.75, 3.05) is 37.4 Å². The van der Waals surface area contributed by atoms with Gasteiger partial charge in [-0.25, -0.2) is 4.39 Å². The van der Waals surface area contributed by atoms with E-state index in [9.17, 15) is 4.39 Å². The number of nitrogens with two attached hydrogens (primary N) is 1. The maximum atomic E-state index is 13.8. The van der Waals surface area contributed by atoms with Crippen molar-refractivity contribution >= 4 is 11.4 Å². The van der Waals surface area contributed by atoms with Gasteiger partial charge in [-0.3, -0.25) is 9.88 Å². The van der Waals surface area contributed by atoms with E-state index in [2.05, 4.69) is 15.2 Å². The molecule has 1 saturated heterocycles. The van der Waals surface area contributed by atoms with Crippen LogP contribution in [0.25, 0.3) is 0 Å². The normalized spacial score (nSPS) is 15.4. The van der Waals surface area contributed by atoms with Gasteiger partial charge in [0.2, 0.25) is 0 Å². The minimum Gasteiger partial charge on any atom is -0.492 e. The second kappa shape index (κ2) is 9.59. The molecule has 6 nitrogen and oxygen atoms in total. The van der Waals surface area contributed by atoms with Crippen molar-refractivity contribution in [2.45, 2.75) is 39.3 Å². The lowest BCUT2D eigenvalue weighted by Gasteiger charge is -2.33. The van der Waals surface area contributed by atoms with Crippen molar-refractivity contribution in [1.82, 2.24) is 9.88 Å². The van der Waals surface area contributed by atoms with Crippen molar-refractivity contribution in [3.8, 4) is 11.5 Å². The van der Waals surface area contributed by atoms with Gasteiger partial charge in [-0.1, -0.05) is 0 Å². The fraction of sp³-hybridized carbons (Fsp3) is 0.476. The Morgan fingerprint density at radius 1 is 1.18 bits per heavy atom. The fourth-order valence-electron chi connectivity index (χ4n) is 3.50. The number of nitrogen functional groups attached to an aromatic ring is 1. The number of hydrogen-bond acceptors (Lipinski definition) is 6. The highest BCUT2D eigenvalue weighted by Gasteiger charge is 2.21. The van der Waals surface area contributed by atoms with E-state index in [4.69, 9.17) is 15.2 Å². The number of piperidine rings is 1. The van der Waals surface area contributed by atoms with Gasteiger partial charge in [-0.2, -0.15) is 0 Å². The summed E-state index contributed by atoms with van der Waals surface area (Å²) in [7, 11) is 0. The molecule has 0 amide bonds. The molecule has 1 aliphatic rings. The first-order chi connectivity index (χ1) is 13.6. The Labute approximate surface area is 165 Å². The average molecular weight is 388 g/mol. The third-order valence-electron chi connectivity index (χ3n) is 4.89. The first-order valence-corrected chi connectivity index (χ1v) is 9.87. The number of benzene rings is 1. The maximum Gasteiger partial charge on any atom is 0.164 e. The molecule has 0 atom stereocenters. The first kappa shape index (κ1) is 20.2. The molecule has 28 heavy (non-hydrogen) atoms. The van der Waals surface area contributed by atoms with Crippen LogP contribution in [0, 0.1) is 5.82 Å². The predicted octanol–water partition coefficient (Wildman–Crippen LogP) is 3.68. The minimum atomic E-state index is -0.307. The summed E-state index contributed by atoms with van der Waals surface area (Å²) in [6.45, 7) is 7.66. The lowest BCUT2D eigenvalue weighted by Crippen LogP contribution is -2.38. The van der Waals surface area contributed by atoms with Gasteiger partial charge in [-0.15, -0.1) is 0 Å². The van der Waals surface area contributed by atoms with E-state index in [1.807, 2.05) is 26.0 Å². The van der Waals surface area contributed by atoms with Gasteiger partial charge in [0.15, 0.2) is 5.82 Å². The van der Waals surface area contributed by atoms with Crippen molar-refractivity contribution in [3.63, 3.8) is 0 Å². The van der Waals surface area contributed by atoms with E-state index >= 15 is 0 Å². The standard InChI is InChI=1S/C21H29FN4O2/c1-3-27-19-11-15(12-20(21(19)23)28-4-2)14-26-9-6-16(7-10-26)25-18-5-8-24-13-17(18)22/h5,8,11-13,16H,3-4,6-7,9-10,14,23H2,1-2H3,(H,24,25). The Morgan fingerprint density at radius 3 is 2.39 bits per heavy atom. The summed E-state index contributed by atoms with van der Waals surface area (Å²) in [6.07, 6.45) is 4.75. The number of nitrogens with zero attached hydrogens (tertiary/aromatic N) is 2. The summed E-state index contributed by atoms with van der Waals surface area (Å²) in [5, 5.41) is 3.29. The molecule has 0 unspecified atom stereocenters. The quantitative estimate of drug-likeness (QED) is 0.672. The Bertz CT molecular complexity index is 752. The topological polar surface area (TPSA) is 72.6 Å². The largest absolute Gasteiger partial charge is 0.492 e. The van der Waals surface area contributed by atoms with E-state index < -0.39 is 0 Å². The number of halogens is 1. The second-order valence-corrected chi connectivity index (χ2v) is 6.92. The van der Waals surface area contributed by atoms with E-state index in [1.165, 1.54) is 6.20 Å². The van der Waals surface area contributed by atoms with Crippen molar-refractivity contribution in [3.05, 3.63) is 42.0 Å². The number of hydrogen-bond donors (Lipinski definition) is 2. The van der Waals surface area contributed by atoms with Crippen LogP contribution < -0.4 is 20.5 Å². The third-order valence-corrected chi connectivity index (χ3v) is 4.89. The number of nitrogens with one attached hydrogen (secondary N) is 1. The molecular weight excluding hydrogens is 359 g/mol. The minimum absolute atomic E-state index is 0.262. The highest BCUT2D eigenvalue weighted by molar-refractivity contribution is 5.64. The summed E-state index contributed by atoms with van der Waals surface area (Å²) in [5.74, 6) is 1.04. The summed E-state index contributed by atoms with van der Waals surface area (Å²) >= 11 is 0. The van der Waals surface area contributed by atoms with E-state index in [-0.39, 0.29) is 11.9 Å². The van der Waals surface area contributed by atoms with Gasteiger partial charge in [-0.05, 0) is 50.5 Å². The monoisotopic (exact) mass is 388 g/mol. The molecule has 3 rings (SSSR count). The van der Waals surface area contributed by atoms with Gasteiger partial charge >= 0.3 is 0 Å². The predicted molar refractivity (Wildman–Crippen MR) is 109 cm³/mol. The molecule has 0 spiro atoms. The molecular formula is C21H29FN4O2. The molecule has 152 valence electrons. The molecule has 1 aromatic carbocycles. The van der Waals surface area contributed by atoms with Crippen molar-refractivity contribution in [1.29, 1.82) is 0 Å².